The molecule has 0 saturated carbocycles. The third kappa shape index (κ3) is 4.02. The molecule has 0 aliphatic rings. The molecule has 0 aromatic carbocycles. The molecule has 0 aromatic heterocycles. The second-order valence-electron chi connectivity index (χ2n) is 0.214. The Morgan fingerprint density at radius 3 is 2.50 bits per heavy atom. The maximum atomic E-state index is 6.86. The second-order valence-corrected chi connectivity index (χ2v) is 8.59. The van der Waals surface area contributed by atoms with Crippen molar-refractivity contribution in [2.75, 3.05) is 0 Å². The monoisotopic (exact) mass is 225 g/mol. The molecule has 0 spiro atoms. The summed E-state index contributed by atoms with van der Waals surface area (Å²) >= 11 is 2.23. The van der Waals surface area contributed by atoms with Crippen molar-refractivity contribution in [2.24, 2.45) is 0 Å². The molecular formula is H4IP3. The first-order chi connectivity index (χ1) is 2.27. The van der Waals surface area contributed by atoms with Crippen LogP contribution in [0, 0.1) is 0 Å². The van der Waals surface area contributed by atoms with Gasteiger partial charge in [-0.2, -0.15) is 0 Å². The van der Waals surface area contributed by atoms with E-state index in [0.717, 1.165) is 5.91 Å². The molecule has 0 N–H and O–H groups in total. The topological polar surface area (TPSA) is 0 Å². The lowest BCUT2D eigenvalue weighted by Crippen LogP contribution is -0.753. The number of halogens is 1. The van der Waals surface area contributed by atoms with Crippen LogP contribution in [0.1, 0.15) is 0 Å². The van der Waals surface area contributed by atoms with Gasteiger partial charge in [0.15, 0.2) is 0 Å². The maximum absolute atomic E-state index is 6.86. The molecule has 0 amide bonds. The fraction of sp³-hybridized carbons (Fsp3) is 0. The lowest BCUT2D eigenvalue weighted by Gasteiger charge is -1.68. The van der Waals surface area contributed by atoms with E-state index in [1.165, 1.54) is 0 Å². The summed E-state index contributed by atoms with van der Waals surface area (Å²) in [5.74, 6) is 0.779. The summed E-state index contributed by atoms with van der Waals surface area (Å²) in [6, 6.07) is 0. The predicted octanol–water partition coefficient (Wildman–Crippen LogP) is 2.40. The van der Waals surface area contributed by atoms with E-state index in [1.54, 1.807) is 0 Å². The van der Waals surface area contributed by atoms with Crippen LogP contribution in [0.5, 0.6) is 0 Å². The zero-order valence-electron chi connectivity index (χ0n) is 2.90. The van der Waals surface area contributed by atoms with Crippen molar-refractivity contribution in [3.63, 3.8) is 0 Å². The average Bonchev–Trinajstić information content (AvgIpc) is 1.38. The van der Waals surface area contributed by atoms with Crippen molar-refractivity contribution in [2.45, 2.75) is 0 Å². The zero-order chi connectivity index (χ0) is 4.28. The molecule has 0 radical (unpaired) electrons. The third-order valence-corrected chi connectivity index (χ3v) is 8.84. The smallest absolute Gasteiger partial charge is 0.0675 e. The quantitative estimate of drug-likeness (QED) is 0.474. The number of hydrogen-bond donors (Lipinski definition) is 0. The molecule has 0 rings (SSSR count). The number of hydrogen-bond acceptors (Lipinski definition) is 0. The Labute approximate surface area is 46.2 Å². The average molecular weight is 225 g/mol. The normalized spacial score (nSPS) is 22.0. The van der Waals surface area contributed by atoms with Crippen LogP contribution in [0.3, 0.4) is 0 Å². The Hall–Kier alpha value is 2.02. The number of rotatable bonds is 1. The van der Waals surface area contributed by atoms with Crippen LogP contribution in [0.4, 0.5) is 0 Å². The van der Waals surface area contributed by atoms with Gasteiger partial charge in [0, 0.05) is 0 Å². The fourth-order valence-electron chi connectivity index (χ4n) is 0. The highest BCUT2D eigenvalue weighted by atomic mass is 127. The van der Waals surface area contributed by atoms with Crippen LogP contribution >= 0.6 is 44.8 Å². The summed E-state index contributed by atoms with van der Waals surface area (Å²) in [4.78, 5) is 0. The van der Waals surface area contributed by atoms with E-state index >= 15 is 0 Å². The van der Waals surface area contributed by atoms with E-state index in [0.29, 0.717) is 0 Å². The van der Waals surface area contributed by atoms with E-state index in [9.17, 15) is 0 Å². The highest BCUT2D eigenvalue weighted by molar-refractivity contribution is 14.2. The van der Waals surface area contributed by atoms with Gasteiger partial charge in [-0.3, -0.25) is 0 Å². The van der Waals surface area contributed by atoms with E-state index in [1.807, 2.05) is 0 Å². The van der Waals surface area contributed by atoms with Crippen LogP contribution in [0.2, 0.25) is 0 Å². The van der Waals surface area contributed by atoms with Crippen molar-refractivity contribution in [3.05, 3.63) is 0 Å². The highest BCUT2D eigenvalue weighted by Crippen LogP contribution is 2.48. The minimum Gasteiger partial charge on any atom is -0.109 e. The summed E-state index contributed by atoms with van der Waals surface area (Å²) < 4.78 is 6.86. The molecule has 0 aliphatic carbocycles. The van der Waals surface area contributed by atoms with Crippen molar-refractivity contribution in [3.8, 4) is 0 Å². The maximum Gasteiger partial charge on any atom is 0.0675 e. The Kier molecular flexibility index (Phi) is 5.25. The molecule has 26 valence electrons. The van der Waals surface area contributed by atoms with E-state index in [4.69, 9.17) is 1.28 Å². The van der Waals surface area contributed by atoms with Gasteiger partial charge in [0.2, 0.25) is 0 Å². The predicted molar refractivity (Wildman–Crippen MR) is 40.4 cm³/mol. The van der Waals surface area contributed by atoms with Crippen molar-refractivity contribution in [1.82, 2.24) is 0 Å². The summed E-state index contributed by atoms with van der Waals surface area (Å²) in [6.45, 7) is 0. The van der Waals surface area contributed by atoms with Gasteiger partial charge in [0.1, 0.15) is 0 Å². The van der Waals surface area contributed by atoms with E-state index < -0.39 is 7.90 Å². The molecule has 0 heterocycles. The summed E-state index contributed by atoms with van der Waals surface area (Å²) in [5.41, 5.74) is 0. The standard InChI is InChI=1S/H4IP3/c1-3-4-2/h3-4H,2H2/i4D. The minimum atomic E-state index is -0.417. The first kappa shape index (κ1) is 4.19. The lowest BCUT2D eigenvalue weighted by atomic mass is 29.6. The first-order valence-corrected chi connectivity index (χ1v) is 8.14. The van der Waals surface area contributed by atoms with Crippen LogP contribution in [0.15, 0.2) is 0 Å². The van der Waals surface area contributed by atoms with Gasteiger partial charge in [-0.15, -0.1) is 8.93 Å². The van der Waals surface area contributed by atoms with Gasteiger partial charge in [-0.1, -0.05) is 29.9 Å². The molecule has 4 heavy (non-hydrogen) atoms. The lowest BCUT2D eigenvalue weighted by molar-refractivity contribution is 5.48. The van der Waals surface area contributed by atoms with Crippen LogP contribution in [-0.2, 0) is 0 Å². The Morgan fingerprint density at radius 1 is 2.25 bits per heavy atom. The van der Waals surface area contributed by atoms with Gasteiger partial charge < -0.3 is 0 Å². The Morgan fingerprint density at radius 2 is 2.50 bits per heavy atom. The summed E-state index contributed by atoms with van der Waals surface area (Å²) in [7, 11) is 2.05. The molecule has 0 aliphatic heterocycles. The highest BCUT2D eigenvalue weighted by Gasteiger charge is 1.56. The van der Waals surface area contributed by atoms with E-state index in [-0.39, 0.29) is 0 Å². The Balaban J connectivity index is 2.54. The van der Waals surface area contributed by atoms with Crippen molar-refractivity contribution >= 4 is 44.8 Å². The summed E-state index contributed by atoms with van der Waals surface area (Å²) in [5, 5.41) is 0. The van der Waals surface area contributed by atoms with Gasteiger partial charge in [-0.05, 0) is 5.91 Å². The molecule has 3 unspecified atom stereocenters. The molecule has 0 aromatic rings. The van der Waals surface area contributed by atoms with E-state index in [2.05, 4.69) is 31.0 Å². The molecular weight excluding hydrogens is 220 g/mol. The zero-order valence-corrected chi connectivity index (χ0v) is 7.11. The second kappa shape index (κ2) is 5.02. The summed E-state index contributed by atoms with van der Waals surface area (Å²) in [6.07, 6.45) is 0. The SMILES string of the molecule is [2H]P(P)PI. The minimum absolute atomic E-state index is 0.417. The van der Waals surface area contributed by atoms with Gasteiger partial charge >= 0.3 is 0 Å². The molecule has 3 atom stereocenters. The Bertz CT molecular complexity index is 20.9. The molecule has 0 bridgehead atoms. The van der Waals surface area contributed by atoms with Crippen LogP contribution in [0.25, 0.3) is 0 Å². The van der Waals surface area contributed by atoms with Crippen LogP contribution in [-0.4, -0.2) is 1.28 Å². The third-order valence-electron chi connectivity index (χ3n) is 0.0488. The molecule has 0 saturated heterocycles. The van der Waals surface area contributed by atoms with Gasteiger partial charge in [0.05, 0.1) is 1.28 Å². The largest absolute Gasteiger partial charge is 0.109 e. The first-order valence-electron chi connectivity index (χ1n) is 1.12. The molecule has 0 fully saturated rings. The van der Waals surface area contributed by atoms with Gasteiger partial charge in [0.25, 0.3) is 0 Å². The fourth-order valence-corrected chi connectivity index (χ4v) is 0. The van der Waals surface area contributed by atoms with Crippen molar-refractivity contribution in [1.29, 1.82) is 1.28 Å². The van der Waals surface area contributed by atoms with Gasteiger partial charge in [-0.25, -0.2) is 0 Å². The van der Waals surface area contributed by atoms with Crippen LogP contribution < -0.4 is 0 Å². The molecule has 0 nitrogen and oxygen atoms in total. The molecule has 4 heteroatoms. The van der Waals surface area contributed by atoms with Crippen molar-refractivity contribution < 1.29 is 0 Å².